The summed E-state index contributed by atoms with van der Waals surface area (Å²) in [6, 6.07) is 14.4. The smallest absolute Gasteiger partial charge is 0.264 e. The average Bonchev–Trinajstić information content (AvgIpc) is 2.54. The van der Waals surface area contributed by atoms with Crippen LogP contribution in [0.15, 0.2) is 48.5 Å². The molecule has 0 aromatic heterocycles. The van der Waals surface area contributed by atoms with Gasteiger partial charge in [-0.3, -0.25) is 4.79 Å². The molecule has 118 valence electrons. The maximum atomic E-state index is 12.1. The van der Waals surface area contributed by atoms with E-state index in [1.807, 2.05) is 10.8 Å². The molecule has 0 saturated carbocycles. The van der Waals surface area contributed by atoms with Crippen LogP contribution in [-0.4, -0.2) is 21.4 Å². The van der Waals surface area contributed by atoms with E-state index < -0.39 is 21.7 Å². The van der Waals surface area contributed by atoms with Crippen molar-refractivity contribution < 1.29 is 17.9 Å². The number of rotatable bonds is 5. The summed E-state index contributed by atoms with van der Waals surface area (Å²) < 4.78 is 31.3. The van der Waals surface area contributed by atoms with E-state index in [0.29, 0.717) is 11.3 Å². The van der Waals surface area contributed by atoms with Crippen molar-refractivity contribution in [2.45, 2.75) is 5.75 Å². The third-order valence-electron chi connectivity index (χ3n) is 3.06. The van der Waals surface area contributed by atoms with Crippen LogP contribution in [0.4, 0.5) is 0 Å². The Hall–Kier alpha value is -2.85. The molecule has 0 radical (unpaired) electrons. The van der Waals surface area contributed by atoms with Gasteiger partial charge in [0.05, 0.1) is 24.5 Å². The maximum Gasteiger partial charge on any atom is 0.264 e. The summed E-state index contributed by atoms with van der Waals surface area (Å²) >= 11 is 0. The maximum absolute atomic E-state index is 12.1. The highest BCUT2D eigenvalue weighted by molar-refractivity contribution is 7.89. The van der Waals surface area contributed by atoms with Gasteiger partial charge in [0.1, 0.15) is 5.75 Å². The Morgan fingerprint density at radius 3 is 2.65 bits per heavy atom. The number of benzene rings is 2. The summed E-state index contributed by atoms with van der Waals surface area (Å²) in [5.41, 5.74) is 0.758. The topological polar surface area (TPSA) is 96.3 Å². The molecule has 6 nitrogen and oxygen atoms in total. The lowest BCUT2D eigenvalue weighted by Crippen LogP contribution is -2.31. The first-order valence-corrected chi connectivity index (χ1v) is 8.27. The molecule has 1 amide bonds. The minimum Gasteiger partial charge on any atom is -0.497 e. The van der Waals surface area contributed by atoms with Crippen LogP contribution in [0.25, 0.3) is 0 Å². The minimum atomic E-state index is -3.93. The van der Waals surface area contributed by atoms with Crippen LogP contribution in [-0.2, 0) is 15.8 Å². The molecule has 0 unspecified atom stereocenters. The van der Waals surface area contributed by atoms with Crippen LogP contribution in [0.2, 0.25) is 0 Å². The first kappa shape index (κ1) is 16.5. The molecule has 23 heavy (non-hydrogen) atoms. The number of nitrogens with one attached hydrogen (secondary N) is 1. The van der Waals surface area contributed by atoms with Gasteiger partial charge in [-0.05, 0) is 29.8 Å². The lowest BCUT2D eigenvalue weighted by atomic mass is 10.1. The Balaban J connectivity index is 2.17. The summed E-state index contributed by atoms with van der Waals surface area (Å²) in [5.74, 6) is -0.755. The second-order valence-electron chi connectivity index (χ2n) is 4.69. The number of hydrogen-bond donors (Lipinski definition) is 1. The van der Waals surface area contributed by atoms with Gasteiger partial charge < -0.3 is 4.74 Å². The Bertz CT molecular complexity index is 870. The van der Waals surface area contributed by atoms with Gasteiger partial charge in [0, 0.05) is 5.56 Å². The van der Waals surface area contributed by atoms with Crippen molar-refractivity contribution in [1.82, 2.24) is 4.72 Å². The zero-order chi connectivity index (χ0) is 16.9. The summed E-state index contributed by atoms with van der Waals surface area (Å²) in [6.45, 7) is 0. The van der Waals surface area contributed by atoms with E-state index in [1.54, 1.807) is 24.3 Å². The van der Waals surface area contributed by atoms with Gasteiger partial charge in [0.25, 0.3) is 5.91 Å². The predicted molar refractivity (Wildman–Crippen MR) is 84.2 cm³/mol. The molecule has 0 aliphatic heterocycles. The average molecular weight is 330 g/mol. The first-order valence-electron chi connectivity index (χ1n) is 6.62. The van der Waals surface area contributed by atoms with E-state index in [2.05, 4.69) is 0 Å². The van der Waals surface area contributed by atoms with Gasteiger partial charge in [-0.1, -0.05) is 24.3 Å². The van der Waals surface area contributed by atoms with Crippen LogP contribution >= 0.6 is 0 Å². The van der Waals surface area contributed by atoms with Crippen LogP contribution in [0.1, 0.15) is 21.5 Å². The third kappa shape index (κ3) is 4.31. The molecule has 2 aromatic carbocycles. The number of hydrogen-bond acceptors (Lipinski definition) is 5. The second-order valence-corrected chi connectivity index (χ2v) is 6.41. The number of methoxy groups -OCH3 is 1. The highest BCUT2D eigenvalue weighted by Gasteiger charge is 2.18. The quantitative estimate of drug-likeness (QED) is 0.902. The molecule has 1 N–H and O–H groups in total. The molecular formula is C16H14N2O4S. The van der Waals surface area contributed by atoms with Gasteiger partial charge in [0.15, 0.2) is 0 Å². The molecule has 0 aliphatic carbocycles. The van der Waals surface area contributed by atoms with Crippen molar-refractivity contribution >= 4 is 15.9 Å². The Morgan fingerprint density at radius 2 is 1.96 bits per heavy atom. The normalized spacial score (nSPS) is 10.6. The van der Waals surface area contributed by atoms with Crippen molar-refractivity contribution in [1.29, 1.82) is 5.26 Å². The lowest BCUT2D eigenvalue weighted by molar-refractivity contribution is 0.0981. The molecule has 0 aliphatic rings. The number of carbonyl (C=O) groups excluding carboxylic acids is 1. The van der Waals surface area contributed by atoms with Crippen LogP contribution in [0.3, 0.4) is 0 Å². The second kappa shape index (κ2) is 6.94. The molecular weight excluding hydrogens is 316 g/mol. The van der Waals surface area contributed by atoms with Crippen molar-refractivity contribution in [3.8, 4) is 11.8 Å². The fourth-order valence-electron chi connectivity index (χ4n) is 1.96. The molecule has 0 bridgehead atoms. The lowest BCUT2D eigenvalue weighted by Gasteiger charge is -2.09. The number of amides is 1. The zero-order valence-electron chi connectivity index (χ0n) is 12.3. The molecule has 2 rings (SSSR count). The zero-order valence-corrected chi connectivity index (χ0v) is 13.1. The van der Waals surface area contributed by atoms with Crippen molar-refractivity contribution in [2.75, 3.05) is 7.11 Å². The van der Waals surface area contributed by atoms with Crippen molar-refractivity contribution in [3.05, 3.63) is 65.2 Å². The van der Waals surface area contributed by atoms with E-state index in [4.69, 9.17) is 10.00 Å². The van der Waals surface area contributed by atoms with Crippen LogP contribution < -0.4 is 9.46 Å². The largest absolute Gasteiger partial charge is 0.497 e. The van der Waals surface area contributed by atoms with Gasteiger partial charge in [-0.15, -0.1) is 0 Å². The molecule has 2 aromatic rings. The third-order valence-corrected chi connectivity index (χ3v) is 4.25. The van der Waals surface area contributed by atoms with Crippen molar-refractivity contribution in [2.24, 2.45) is 0 Å². The predicted octanol–water partition coefficient (Wildman–Crippen LogP) is 1.83. The van der Waals surface area contributed by atoms with Gasteiger partial charge >= 0.3 is 0 Å². The summed E-state index contributed by atoms with van der Waals surface area (Å²) in [5, 5.41) is 8.99. The Kier molecular flexibility index (Phi) is 4.98. The van der Waals surface area contributed by atoms with E-state index in [9.17, 15) is 13.2 Å². The van der Waals surface area contributed by atoms with Gasteiger partial charge in [0.2, 0.25) is 10.0 Å². The molecule has 0 atom stereocenters. The number of nitriles is 1. The first-order chi connectivity index (χ1) is 10.9. The number of nitrogens with zero attached hydrogens (tertiary/aromatic N) is 1. The Labute approximate surface area is 134 Å². The van der Waals surface area contributed by atoms with Gasteiger partial charge in [-0.2, -0.15) is 5.26 Å². The van der Waals surface area contributed by atoms with Crippen molar-refractivity contribution in [3.63, 3.8) is 0 Å². The Morgan fingerprint density at radius 1 is 1.22 bits per heavy atom. The highest BCUT2D eigenvalue weighted by Crippen LogP contribution is 2.14. The standard InChI is InChI=1S/C16H14N2O4S/c1-22-15-8-4-7-12(9-15)16(19)18-23(20,21)11-14-6-3-2-5-13(14)10-17/h2-9H,11H2,1H3,(H,18,19). The summed E-state index contributed by atoms with van der Waals surface area (Å²) in [7, 11) is -2.47. The van der Waals surface area contributed by atoms with E-state index in [-0.39, 0.29) is 11.1 Å². The SMILES string of the molecule is COc1cccc(C(=O)NS(=O)(=O)Cc2ccccc2C#N)c1. The fraction of sp³-hybridized carbons (Fsp3) is 0.125. The van der Waals surface area contributed by atoms with E-state index in [0.717, 1.165) is 0 Å². The fourth-order valence-corrected chi connectivity index (χ4v) is 3.09. The van der Waals surface area contributed by atoms with E-state index in [1.165, 1.54) is 31.4 Å². The molecule has 0 fully saturated rings. The van der Waals surface area contributed by atoms with Gasteiger partial charge in [-0.25, -0.2) is 13.1 Å². The van der Waals surface area contributed by atoms with Crippen LogP contribution in [0.5, 0.6) is 5.75 Å². The minimum absolute atomic E-state index is 0.168. The number of ether oxygens (including phenoxy) is 1. The highest BCUT2D eigenvalue weighted by atomic mass is 32.2. The number of carbonyl (C=O) groups is 1. The summed E-state index contributed by atoms with van der Waals surface area (Å²) in [6.07, 6.45) is 0. The molecule has 0 saturated heterocycles. The van der Waals surface area contributed by atoms with Crippen LogP contribution in [0, 0.1) is 11.3 Å². The van der Waals surface area contributed by atoms with E-state index >= 15 is 0 Å². The molecule has 7 heteroatoms. The number of sulfonamides is 1. The summed E-state index contributed by atoms with van der Waals surface area (Å²) in [4.78, 5) is 12.1. The monoisotopic (exact) mass is 330 g/mol. The molecule has 0 heterocycles. The molecule has 0 spiro atoms.